The Morgan fingerprint density at radius 2 is 2.00 bits per heavy atom. The Hall–Kier alpha value is -1.70. The van der Waals surface area contributed by atoms with E-state index in [4.69, 9.17) is 5.14 Å². The molecule has 22 heavy (non-hydrogen) atoms. The van der Waals surface area contributed by atoms with Crippen molar-refractivity contribution in [1.82, 2.24) is 10.3 Å². The fourth-order valence-electron chi connectivity index (χ4n) is 2.35. The molecule has 0 radical (unpaired) electrons. The Bertz CT molecular complexity index is 812. The van der Waals surface area contributed by atoms with Crippen molar-refractivity contribution >= 4 is 20.8 Å². The smallest absolute Gasteiger partial charge is 0.256 e. The SMILES string of the molecule is CCCCNCCc1cc2c(S(N)(=O)=O)cccc2c(=O)[nH]1. The maximum Gasteiger partial charge on any atom is 0.256 e. The zero-order chi connectivity index (χ0) is 16.2. The molecule has 0 saturated heterocycles. The molecule has 1 heterocycles. The number of sulfonamides is 1. The van der Waals surface area contributed by atoms with Gasteiger partial charge >= 0.3 is 0 Å². The molecule has 4 N–H and O–H groups in total. The number of unbranched alkanes of at least 4 members (excludes halogenated alkanes) is 1. The molecule has 7 heteroatoms. The van der Waals surface area contributed by atoms with Gasteiger partial charge in [-0.3, -0.25) is 4.79 Å². The lowest BCUT2D eigenvalue weighted by Gasteiger charge is -2.08. The Morgan fingerprint density at radius 1 is 1.23 bits per heavy atom. The van der Waals surface area contributed by atoms with Gasteiger partial charge in [0.1, 0.15) is 0 Å². The molecule has 0 aliphatic rings. The number of aromatic amines is 1. The molecule has 0 amide bonds. The second kappa shape index (κ2) is 7.04. The van der Waals surface area contributed by atoms with E-state index in [-0.39, 0.29) is 10.5 Å². The van der Waals surface area contributed by atoms with Crippen molar-refractivity contribution < 1.29 is 8.42 Å². The van der Waals surface area contributed by atoms with Gasteiger partial charge in [0, 0.05) is 29.4 Å². The molecule has 1 aromatic heterocycles. The van der Waals surface area contributed by atoms with Crippen LogP contribution in [0.25, 0.3) is 10.8 Å². The standard InChI is InChI=1S/C15H21N3O3S/c1-2-3-8-17-9-7-11-10-13-12(15(19)18-11)5-4-6-14(13)22(16,20)21/h4-6,10,17H,2-3,7-9H2,1H3,(H,18,19)(H2,16,20,21). The molecule has 0 unspecified atom stereocenters. The van der Waals surface area contributed by atoms with Gasteiger partial charge in [-0.05, 0) is 31.2 Å². The zero-order valence-electron chi connectivity index (χ0n) is 12.6. The van der Waals surface area contributed by atoms with Crippen molar-refractivity contribution in [3.8, 4) is 0 Å². The summed E-state index contributed by atoms with van der Waals surface area (Å²) in [6.45, 7) is 3.77. The normalized spacial score (nSPS) is 11.9. The molecule has 0 aliphatic heterocycles. The molecule has 0 fully saturated rings. The molecular formula is C15H21N3O3S. The van der Waals surface area contributed by atoms with E-state index < -0.39 is 10.0 Å². The van der Waals surface area contributed by atoms with Crippen LogP contribution in [0, 0.1) is 0 Å². The molecule has 2 aromatic rings. The quantitative estimate of drug-likeness (QED) is 0.664. The van der Waals surface area contributed by atoms with Gasteiger partial charge in [0.05, 0.1) is 4.90 Å². The fraction of sp³-hybridized carbons (Fsp3) is 0.400. The molecule has 0 aliphatic carbocycles. The summed E-state index contributed by atoms with van der Waals surface area (Å²) in [5, 5.41) is 9.21. The summed E-state index contributed by atoms with van der Waals surface area (Å²) in [6.07, 6.45) is 2.84. The average Bonchev–Trinajstić information content (AvgIpc) is 2.45. The first-order valence-corrected chi connectivity index (χ1v) is 8.86. The highest BCUT2D eigenvalue weighted by molar-refractivity contribution is 7.89. The number of rotatable bonds is 7. The van der Waals surface area contributed by atoms with Crippen molar-refractivity contribution in [3.63, 3.8) is 0 Å². The lowest BCUT2D eigenvalue weighted by molar-refractivity contribution is 0.598. The maximum absolute atomic E-state index is 12.1. The fourth-order valence-corrected chi connectivity index (χ4v) is 3.09. The predicted molar refractivity (Wildman–Crippen MR) is 87.4 cm³/mol. The number of hydrogen-bond acceptors (Lipinski definition) is 4. The highest BCUT2D eigenvalue weighted by Gasteiger charge is 2.14. The Balaban J connectivity index is 2.33. The van der Waals surface area contributed by atoms with Crippen molar-refractivity contribution in [1.29, 1.82) is 0 Å². The molecular weight excluding hydrogens is 302 g/mol. The van der Waals surface area contributed by atoms with Crippen LogP contribution in [0.3, 0.4) is 0 Å². The number of hydrogen-bond donors (Lipinski definition) is 3. The van der Waals surface area contributed by atoms with E-state index >= 15 is 0 Å². The third kappa shape index (κ3) is 3.94. The second-order valence-corrected chi connectivity index (χ2v) is 6.77. The van der Waals surface area contributed by atoms with Crippen LogP contribution >= 0.6 is 0 Å². The van der Waals surface area contributed by atoms with Gasteiger partial charge in [-0.2, -0.15) is 0 Å². The van der Waals surface area contributed by atoms with Crippen LogP contribution in [0.4, 0.5) is 0 Å². The van der Waals surface area contributed by atoms with Crippen LogP contribution in [0.2, 0.25) is 0 Å². The number of pyridine rings is 1. The number of benzene rings is 1. The minimum atomic E-state index is -3.86. The van der Waals surface area contributed by atoms with Crippen LogP contribution in [0.1, 0.15) is 25.5 Å². The van der Waals surface area contributed by atoms with E-state index in [0.29, 0.717) is 22.9 Å². The van der Waals surface area contributed by atoms with Crippen molar-refractivity contribution in [3.05, 3.63) is 40.3 Å². The van der Waals surface area contributed by atoms with Crippen molar-refractivity contribution in [2.45, 2.75) is 31.1 Å². The van der Waals surface area contributed by atoms with Crippen LogP contribution in [0.15, 0.2) is 34.0 Å². The number of aromatic nitrogens is 1. The Kier molecular flexibility index (Phi) is 5.33. The lowest BCUT2D eigenvalue weighted by Crippen LogP contribution is -2.20. The van der Waals surface area contributed by atoms with Crippen molar-refractivity contribution in [2.24, 2.45) is 5.14 Å². The van der Waals surface area contributed by atoms with Crippen LogP contribution in [-0.4, -0.2) is 26.5 Å². The van der Waals surface area contributed by atoms with Crippen LogP contribution < -0.4 is 16.0 Å². The molecule has 1 aromatic carbocycles. The first-order valence-electron chi connectivity index (χ1n) is 7.32. The molecule has 2 rings (SSSR count). The van der Waals surface area contributed by atoms with Gasteiger partial charge in [0.25, 0.3) is 5.56 Å². The minimum Gasteiger partial charge on any atom is -0.326 e. The maximum atomic E-state index is 12.1. The number of fused-ring (bicyclic) bond motifs is 1. The molecule has 6 nitrogen and oxygen atoms in total. The molecule has 120 valence electrons. The molecule has 0 bridgehead atoms. The first-order chi connectivity index (χ1) is 10.4. The summed E-state index contributed by atoms with van der Waals surface area (Å²) in [5.74, 6) is 0. The van der Waals surface area contributed by atoms with E-state index in [1.165, 1.54) is 12.1 Å². The van der Waals surface area contributed by atoms with Gasteiger partial charge in [0.15, 0.2) is 0 Å². The lowest BCUT2D eigenvalue weighted by atomic mass is 10.1. The van der Waals surface area contributed by atoms with Gasteiger partial charge in [-0.25, -0.2) is 13.6 Å². The first kappa shape index (κ1) is 16.7. The predicted octanol–water partition coefficient (Wildman–Crippen LogP) is 1.11. The average molecular weight is 323 g/mol. The summed E-state index contributed by atoms with van der Waals surface area (Å²) in [6, 6.07) is 6.22. The van der Waals surface area contributed by atoms with E-state index in [1.807, 2.05) is 0 Å². The summed E-state index contributed by atoms with van der Waals surface area (Å²) in [4.78, 5) is 14.9. The van der Waals surface area contributed by atoms with E-state index in [1.54, 1.807) is 12.1 Å². The summed E-state index contributed by atoms with van der Waals surface area (Å²) >= 11 is 0. The number of nitrogens with one attached hydrogen (secondary N) is 2. The van der Waals surface area contributed by atoms with Gasteiger partial charge in [-0.1, -0.05) is 19.4 Å². The Labute approximate surface area is 129 Å². The number of nitrogens with two attached hydrogens (primary N) is 1. The molecule has 0 atom stereocenters. The summed E-state index contributed by atoms with van der Waals surface area (Å²) in [5.41, 5.74) is 0.393. The second-order valence-electron chi connectivity index (χ2n) is 5.24. The molecule has 0 saturated carbocycles. The topological polar surface area (TPSA) is 105 Å². The summed E-state index contributed by atoms with van der Waals surface area (Å²) < 4.78 is 23.3. The molecule has 0 spiro atoms. The zero-order valence-corrected chi connectivity index (χ0v) is 13.4. The van der Waals surface area contributed by atoms with Gasteiger partial charge in [0.2, 0.25) is 10.0 Å². The van der Waals surface area contributed by atoms with Gasteiger partial charge in [-0.15, -0.1) is 0 Å². The van der Waals surface area contributed by atoms with E-state index in [0.717, 1.165) is 25.9 Å². The van der Waals surface area contributed by atoms with Crippen LogP contribution in [-0.2, 0) is 16.4 Å². The van der Waals surface area contributed by atoms with Crippen molar-refractivity contribution in [2.75, 3.05) is 13.1 Å². The third-order valence-electron chi connectivity index (χ3n) is 3.49. The summed E-state index contributed by atoms with van der Waals surface area (Å²) in [7, 11) is -3.86. The van der Waals surface area contributed by atoms with Crippen LogP contribution in [0.5, 0.6) is 0 Å². The third-order valence-corrected chi connectivity index (χ3v) is 4.46. The van der Waals surface area contributed by atoms with E-state index in [9.17, 15) is 13.2 Å². The van der Waals surface area contributed by atoms with E-state index in [2.05, 4.69) is 17.2 Å². The monoisotopic (exact) mass is 323 g/mol. The van der Waals surface area contributed by atoms with Gasteiger partial charge < -0.3 is 10.3 Å². The highest BCUT2D eigenvalue weighted by atomic mass is 32.2. The number of H-pyrrole nitrogens is 1. The minimum absolute atomic E-state index is 0.0173. The Morgan fingerprint density at radius 3 is 2.68 bits per heavy atom. The number of primary sulfonamides is 1. The highest BCUT2D eigenvalue weighted by Crippen LogP contribution is 2.20. The largest absolute Gasteiger partial charge is 0.326 e.